The second kappa shape index (κ2) is 14.6. The van der Waals surface area contributed by atoms with E-state index in [1.54, 1.807) is 24.3 Å². The van der Waals surface area contributed by atoms with Gasteiger partial charge < -0.3 is 19.5 Å². The minimum absolute atomic E-state index is 0. The van der Waals surface area contributed by atoms with Gasteiger partial charge in [0.05, 0.1) is 24.7 Å². The molecule has 32 heavy (non-hydrogen) atoms. The van der Waals surface area contributed by atoms with Crippen LogP contribution in [0.15, 0.2) is 36.8 Å². The molecule has 0 aromatic carbocycles. The summed E-state index contributed by atoms with van der Waals surface area (Å²) in [4.78, 5) is 29.0. The fourth-order valence-electron chi connectivity index (χ4n) is 2.30. The van der Waals surface area contributed by atoms with Crippen molar-refractivity contribution in [1.29, 1.82) is 0 Å². The molecule has 0 saturated heterocycles. The summed E-state index contributed by atoms with van der Waals surface area (Å²) in [5.74, 6) is 0.208. The first-order chi connectivity index (χ1) is 14.7. The van der Waals surface area contributed by atoms with E-state index in [-0.39, 0.29) is 25.2 Å². The number of nitro groups is 1. The average molecular weight is 496 g/mol. The van der Waals surface area contributed by atoms with Crippen molar-refractivity contribution in [2.24, 2.45) is 0 Å². The Morgan fingerprint density at radius 3 is 2.28 bits per heavy atom. The van der Waals surface area contributed by atoms with Crippen LogP contribution in [0.1, 0.15) is 23.6 Å². The Kier molecular flexibility index (Phi) is 13.1. The van der Waals surface area contributed by atoms with Crippen molar-refractivity contribution in [3.8, 4) is 11.8 Å². The number of aliphatic carboxylic acids is 1. The first-order valence-corrected chi connectivity index (χ1v) is 9.10. The zero-order valence-electron chi connectivity index (χ0n) is 18.8. The minimum atomic E-state index is -0.833. The van der Waals surface area contributed by atoms with Crippen molar-refractivity contribution in [3.63, 3.8) is 0 Å². The predicted molar refractivity (Wildman–Crippen MR) is 117 cm³/mol. The smallest absolute Gasteiger partial charge is 0.300 e. The number of rotatable bonds is 5. The van der Waals surface area contributed by atoms with Crippen LogP contribution >= 0.6 is 0 Å². The van der Waals surface area contributed by atoms with Crippen LogP contribution in [-0.2, 0) is 30.7 Å². The second-order valence-electron chi connectivity index (χ2n) is 6.37. The zero-order chi connectivity index (χ0) is 23.4. The van der Waals surface area contributed by atoms with Crippen LogP contribution in [0.5, 0.6) is 11.8 Å². The van der Waals surface area contributed by atoms with E-state index in [0.29, 0.717) is 17.3 Å². The predicted octanol–water partition coefficient (Wildman–Crippen LogP) is 3.28. The summed E-state index contributed by atoms with van der Waals surface area (Å²) in [6, 6.07) is 3.48. The number of aromatic nitrogens is 2. The zero-order valence-corrected chi connectivity index (χ0v) is 21.8. The molecule has 0 amide bonds. The summed E-state index contributed by atoms with van der Waals surface area (Å²) in [7, 11) is 6.77. The third kappa shape index (κ3) is 10.1. The van der Waals surface area contributed by atoms with E-state index in [9.17, 15) is 10.1 Å². The fraction of sp³-hybridized carbons (Fsp3) is 0.286. The van der Waals surface area contributed by atoms with Gasteiger partial charge in [-0.2, -0.15) is 0 Å². The maximum Gasteiger partial charge on any atom is 0.300 e. The van der Waals surface area contributed by atoms with Gasteiger partial charge in [0.1, 0.15) is 6.20 Å². The Labute approximate surface area is 199 Å². The molecule has 1 aliphatic carbocycles. The van der Waals surface area contributed by atoms with E-state index in [1.165, 1.54) is 30.5 Å². The molecule has 2 aromatic rings. The van der Waals surface area contributed by atoms with Crippen LogP contribution in [0.25, 0.3) is 12.2 Å². The van der Waals surface area contributed by atoms with E-state index in [4.69, 9.17) is 19.4 Å². The number of hydrogen-bond donors (Lipinski definition) is 1. The molecule has 1 aliphatic rings. The molecule has 0 fully saturated rings. The third-order valence-corrected chi connectivity index (χ3v) is 3.69. The second-order valence-corrected chi connectivity index (χ2v) is 6.37. The van der Waals surface area contributed by atoms with Gasteiger partial charge in [-0.1, -0.05) is 12.2 Å². The van der Waals surface area contributed by atoms with E-state index in [0.717, 1.165) is 13.3 Å². The van der Waals surface area contributed by atoms with Gasteiger partial charge >= 0.3 is 0 Å². The molecule has 0 bridgehead atoms. The number of ether oxygens (including phenoxy) is 2. The van der Waals surface area contributed by atoms with Crippen LogP contribution in [0.3, 0.4) is 0 Å². The number of fused-ring (bicyclic) bond motifs is 1. The monoisotopic (exact) mass is 494 g/mol. The van der Waals surface area contributed by atoms with E-state index in [1.807, 2.05) is 26.4 Å². The molecule has 0 radical (unpaired) electrons. The van der Waals surface area contributed by atoms with Gasteiger partial charge in [0, 0.05) is 58.8 Å². The molecule has 3 rings (SSSR count). The van der Waals surface area contributed by atoms with E-state index in [2.05, 4.69) is 22.1 Å². The number of nitrogens with zero attached hydrogens (tertiary/aromatic N) is 4. The van der Waals surface area contributed by atoms with Gasteiger partial charge in [0.25, 0.3) is 11.7 Å². The van der Waals surface area contributed by atoms with Crippen molar-refractivity contribution in [2.75, 3.05) is 28.3 Å². The molecule has 0 atom stereocenters. The van der Waals surface area contributed by atoms with Gasteiger partial charge in [-0.15, -0.1) is 0 Å². The standard InChI is InChI=1S/C10H13N3O3.C9H9NO.C2H4O2.Zn/c1-12(2)5-4-8-6-10(16-3)11-7-9(8)13(14)15;1-11-9-5-7-3-2-4-8(7)6-10-9;1-2(3)4;/h4-7H,1-3H3;2-3,5-6H,4H2,1H3;1H3,(H,3,4);/b5-4+;;;. The summed E-state index contributed by atoms with van der Waals surface area (Å²) >= 11 is 0. The van der Waals surface area contributed by atoms with Crippen molar-refractivity contribution in [1.82, 2.24) is 14.9 Å². The number of carboxylic acids is 1. The van der Waals surface area contributed by atoms with Gasteiger partial charge in [0.2, 0.25) is 11.8 Å². The number of allylic oxidation sites excluding steroid dienone is 1. The Morgan fingerprint density at radius 2 is 1.75 bits per heavy atom. The number of carboxylic acid groups (broad SMARTS) is 1. The van der Waals surface area contributed by atoms with Crippen LogP contribution < -0.4 is 9.47 Å². The number of pyridine rings is 2. The molecule has 0 aliphatic heterocycles. The van der Waals surface area contributed by atoms with Crippen LogP contribution in [0, 0.1) is 10.1 Å². The van der Waals surface area contributed by atoms with Crippen molar-refractivity contribution < 1.29 is 43.8 Å². The molecule has 11 heteroatoms. The molecule has 0 saturated carbocycles. The van der Waals surface area contributed by atoms with Crippen LogP contribution in [0.4, 0.5) is 5.69 Å². The third-order valence-electron chi connectivity index (χ3n) is 3.69. The Morgan fingerprint density at radius 1 is 1.19 bits per heavy atom. The molecule has 1 N–H and O–H groups in total. The average Bonchev–Trinajstić information content (AvgIpc) is 3.19. The van der Waals surface area contributed by atoms with E-state index >= 15 is 0 Å². The quantitative estimate of drug-likeness (QED) is 0.377. The Hall–Kier alpha value is -3.33. The normalized spacial score (nSPS) is 10.5. The SMILES string of the molecule is CC(=O)O.COc1cc(/C=C/N(C)C)c([N+](=O)[O-])cn1.COc1cc2c(cn1)CC=C2.[Zn]. The summed E-state index contributed by atoms with van der Waals surface area (Å²) in [6.07, 6.45) is 11.7. The Bertz CT molecular complexity index is 959. The maximum absolute atomic E-state index is 10.7. The summed E-state index contributed by atoms with van der Waals surface area (Å²) < 4.78 is 9.91. The fourth-order valence-corrected chi connectivity index (χ4v) is 2.30. The van der Waals surface area contributed by atoms with E-state index < -0.39 is 10.9 Å². The van der Waals surface area contributed by atoms with Gasteiger partial charge in [-0.25, -0.2) is 9.97 Å². The number of hydrogen-bond acceptors (Lipinski definition) is 8. The van der Waals surface area contributed by atoms with Gasteiger partial charge in [0.15, 0.2) is 0 Å². The molecule has 0 unspecified atom stereocenters. The molecular weight excluding hydrogens is 470 g/mol. The molecule has 2 aromatic heterocycles. The van der Waals surface area contributed by atoms with Gasteiger partial charge in [-0.05, 0) is 29.8 Å². The van der Waals surface area contributed by atoms with Crippen LogP contribution in [0.2, 0.25) is 0 Å². The van der Waals surface area contributed by atoms with Crippen molar-refractivity contribution in [3.05, 3.63) is 63.6 Å². The number of methoxy groups -OCH3 is 2. The molecule has 10 nitrogen and oxygen atoms in total. The van der Waals surface area contributed by atoms with Crippen molar-refractivity contribution in [2.45, 2.75) is 13.3 Å². The Balaban J connectivity index is 0.000000520. The maximum atomic E-state index is 10.7. The summed E-state index contributed by atoms with van der Waals surface area (Å²) in [5, 5.41) is 18.2. The molecule has 0 spiro atoms. The number of carbonyl (C=O) groups is 1. The minimum Gasteiger partial charge on any atom is -0.481 e. The largest absolute Gasteiger partial charge is 0.481 e. The summed E-state index contributed by atoms with van der Waals surface area (Å²) in [5.41, 5.74) is 2.94. The summed E-state index contributed by atoms with van der Waals surface area (Å²) in [6.45, 7) is 1.08. The first-order valence-electron chi connectivity index (χ1n) is 9.10. The first kappa shape index (κ1) is 28.7. The van der Waals surface area contributed by atoms with Gasteiger partial charge in [-0.3, -0.25) is 14.9 Å². The molecular formula is C21H26N4O6Zn. The molecule has 168 valence electrons. The van der Waals surface area contributed by atoms with Crippen LogP contribution in [-0.4, -0.2) is 59.2 Å². The molecule has 2 heterocycles. The van der Waals surface area contributed by atoms with Crippen molar-refractivity contribution >= 4 is 23.8 Å². The topological polar surface area (TPSA) is 128 Å².